The van der Waals surface area contributed by atoms with Crippen LogP contribution in [0.15, 0.2) is 60.7 Å². The fourth-order valence-corrected chi connectivity index (χ4v) is 2.99. The highest BCUT2D eigenvalue weighted by molar-refractivity contribution is 6.31. The van der Waals surface area contributed by atoms with Crippen molar-refractivity contribution in [3.05, 3.63) is 77.1 Å². The van der Waals surface area contributed by atoms with Crippen LogP contribution in [0, 0.1) is 6.92 Å². The van der Waals surface area contributed by atoms with Gasteiger partial charge in [-0.15, -0.1) is 0 Å². The fraction of sp³-hybridized carbons (Fsp3) is 0.100. The number of hydrogen-bond donors (Lipinski definition) is 2. The number of nitrogens with one attached hydrogen (secondary N) is 2. The number of fused-ring (bicyclic) bond motifs is 1. The van der Waals surface area contributed by atoms with Crippen LogP contribution < -0.4 is 10.1 Å². The van der Waals surface area contributed by atoms with Crippen molar-refractivity contribution in [2.75, 3.05) is 5.32 Å². The quantitative estimate of drug-likeness (QED) is 0.502. The third-order valence-corrected chi connectivity index (χ3v) is 4.41. The molecule has 0 saturated carbocycles. The summed E-state index contributed by atoms with van der Waals surface area (Å²) >= 11 is 6.40. The molecule has 1 aromatic heterocycles. The van der Waals surface area contributed by atoms with E-state index in [1.54, 1.807) is 0 Å². The second-order valence-electron chi connectivity index (χ2n) is 5.91. The van der Waals surface area contributed by atoms with Crippen molar-refractivity contribution >= 4 is 28.3 Å². The smallest absolute Gasteiger partial charge is 0.218 e. The van der Waals surface area contributed by atoms with Gasteiger partial charge >= 0.3 is 0 Å². The van der Waals surface area contributed by atoms with Crippen LogP contribution >= 0.6 is 11.6 Å². The van der Waals surface area contributed by atoms with Crippen molar-refractivity contribution in [3.8, 4) is 11.5 Å². The first kappa shape index (κ1) is 16.4. The van der Waals surface area contributed by atoms with Crippen molar-refractivity contribution in [1.82, 2.24) is 15.2 Å². The Balaban J connectivity index is 1.60. The molecule has 5 nitrogen and oxygen atoms in total. The summed E-state index contributed by atoms with van der Waals surface area (Å²) in [6, 6.07) is 19.8. The summed E-state index contributed by atoms with van der Waals surface area (Å²) < 4.78 is 6.12. The molecule has 0 aliphatic rings. The molecule has 4 rings (SSSR count). The van der Waals surface area contributed by atoms with Crippen molar-refractivity contribution in [1.29, 1.82) is 0 Å². The van der Waals surface area contributed by atoms with E-state index in [-0.39, 0.29) is 0 Å². The van der Waals surface area contributed by atoms with E-state index in [1.165, 1.54) is 5.39 Å². The van der Waals surface area contributed by atoms with Gasteiger partial charge in [-0.2, -0.15) is 10.1 Å². The molecule has 0 saturated heterocycles. The Morgan fingerprint density at radius 2 is 1.88 bits per heavy atom. The average molecular weight is 365 g/mol. The topological polar surface area (TPSA) is 62.8 Å². The van der Waals surface area contributed by atoms with Crippen LogP contribution in [-0.2, 0) is 6.54 Å². The fourth-order valence-electron chi connectivity index (χ4n) is 2.76. The Hall–Kier alpha value is -3.05. The molecule has 3 aromatic carbocycles. The van der Waals surface area contributed by atoms with Crippen LogP contribution in [-0.4, -0.2) is 15.2 Å². The largest absolute Gasteiger partial charge is 0.457 e. The number of aryl methyl sites for hydroxylation is 1. The van der Waals surface area contributed by atoms with E-state index >= 15 is 0 Å². The first-order chi connectivity index (χ1) is 12.7. The minimum absolute atomic E-state index is 0.469. The minimum Gasteiger partial charge on any atom is -0.457 e. The van der Waals surface area contributed by atoms with Crippen LogP contribution in [0.3, 0.4) is 0 Å². The molecule has 2 N–H and O–H groups in total. The number of benzene rings is 3. The van der Waals surface area contributed by atoms with E-state index in [9.17, 15) is 0 Å². The Morgan fingerprint density at radius 3 is 2.69 bits per heavy atom. The maximum atomic E-state index is 6.40. The molecular weight excluding hydrogens is 348 g/mol. The van der Waals surface area contributed by atoms with Gasteiger partial charge in [0.1, 0.15) is 17.3 Å². The van der Waals surface area contributed by atoms with Crippen molar-refractivity contribution in [2.45, 2.75) is 13.5 Å². The molecule has 0 aliphatic carbocycles. The summed E-state index contributed by atoms with van der Waals surface area (Å²) in [7, 11) is 0. The van der Waals surface area contributed by atoms with Gasteiger partial charge < -0.3 is 10.1 Å². The summed E-state index contributed by atoms with van der Waals surface area (Å²) in [4.78, 5) is 4.24. The zero-order chi connectivity index (χ0) is 17.9. The molecule has 0 bridgehead atoms. The highest BCUT2D eigenvalue weighted by Crippen LogP contribution is 2.32. The van der Waals surface area contributed by atoms with Gasteiger partial charge in [-0.05, 0) is 42.0 Å². The van der Waals surface area contributed by atoms with Gasteiger partial charge in [0.2, 0.25) is 5.95 Å². The van der Waals surface area contributed by atoms with Crippen molar-refractivity contribution < 1.29 is 4.74 Å². The molecule has 26 heavy (non-hydrogen) atoms. The number of rotatable bonds is 5. The van der Waals surface area contributed by atoms with Gasteiger partial charge in [-0.3, -0.25) is 0 Å². The predicted octanol–water partition coefficient (Wildman–Crippen LogP) is 5.32. The molecule has 0 radical (unpaired) electrons. The van der Waals surface area contributed by atoms with Crippen molar-refractivity contribution in [2.24, 2.45) is 0 Å². The van der Waals surface area contributed by atoms with E-state index in [2.05, 4.69) is 32.6 Å². The summed E-state index contributed by atoms with van der Waals surface area (Å²) in [6.45, 7) is 2.29. The van der Waals surface area contributed by atoms with Gasteiger partial charge in [-0.25, -0.2) is 5.10 Å². The van der Waals surface area contributed by atoms with Gasteiger partial charge in [0, 0.05) is 17.1 Å². The van der Waals surface area contributed by atoms with Crippen LogP contribution in [0.25, 0.3) is 10.8 Å². The lowest BCUT2D eigenvalue weighted by Crippen LogP contribution is -2.03. The highest BCUT2D eigenvalue weighted by Gasteiger charge is 2.11. The van der Waals surface area contributed by atoms with E-state index in [1.807, 2.05) is 55.5 Å². The lowest BCUT2D eigenvalue weighted by atomic mass is 10.1. The zero-order valence-electron chi connectivity index (χ0n) is 14.2. The second kappa shape index (κ2) is 7.06. The molecule has 6 heteroatoms. The molecular formula is C20H17ClN4O. The molecule has 0 amide bonds. The Morgan fingerprint density at radius 1 is 1.04 bits per heavy atom. The molecule has 0 aliphatic heterocycles. The number of aromatic nitrogens is 3. The maximum absolute atomic E-state index is 6.40. The number of halogens is 1. The number of anilines is 1. The standard InChI is InChI=1S/C20H17ClN4O/c1-13-23-20(25-24-13)22-12-17-18(21)7-4-8-19(17)26-16-10-9-14-5-2-3-6-15(14)11-16/h2-11H,12H2,1H3,(H2,22,23,24,25). The summed E-state index contributed by atoms with van der Waals surface area (Å²) in [5.41, 5.74) is 0.858. The lowest BCUT2D eigenvalue weighted by Gasteiger charge is -2.13. The Labute approximate surface area is 156 Å². The number of nitrogens with zero attached hydrogens (tertiary/aromatic N) is 2. The van der Waals surface area contributed by atoms with Crippen LogP contribution in [0.2, 0.25) is 5.02 Å². The van der Waals surface area contributed by atoms with Gasteiger partial charge in [0.15, 0.2) is 0 Å². The SMILES string of the molecule is Cc1n[nH]c(NCc2c(Cl)cccc2Oc2ccc3ccccc3c2)n1. The summed E-state index contributed by atoms with van der Waals surface area (Å²) in [5, 5.41) is 13.0. The van der Waals surface area contributed by atoms with Crippen LogP contribution in [0.4, 0.5) is 5.95 Å². The van der Waals surface area contributed by atoms with E-state index in [4.69, 9.17) is 16.3 Å². The normalized spacial score (nSPS) is 10.8. The number of ether oxygens (including phenoxy) is 1. The molecule has 0 spiro atoms. The monoisotopic (exact) mass is 364 g/mol. The maximum Gasteiger partial charge on any atom is 0.218 e. The Kier molecular flexibility index (Phi) is 4.46. The molecule has 0 fully saturated rings. The van der Waals surface area contributed by atoms with E-state index in [0.29, 0.717) is 29.1 Å². The molecule has 1 heterocycles. The molecule has 0 unspecified atom stereocenters. The summed E-state index contributed by atoms with van der Waals surface area (Å²) in [6.07, 6.45) is 0. The van der Waals surface area contributed by atoms with Crippen LogP contribution in [0.5, 0.6) is 11.5 Å². The number of aromatic amines is 1. The minimum atomic E-state index is 0.469. The van der Waals surface area contributed by atoms with Gasteiger partial charge in [0.25, 0.3) is 0 Å². The van der Waals surface area contributed by atoms with Gasteiger partial charge in [-0.1, -0.05) is 48.0 Å². The highest BCUT2D eigenvalue weighted by atomic mass is 35.5. The molecule has 4 aromatic rings. The van der Waals surface area contributed by atoms with E-state index in [0.717, 1.165) is 16.7 Å². The molecule has 0 atom stereocenters. The van der Waals surface area contributed by atoms with Crippen LogP contribution in [0.1, 0.15) is 11.4 Å². The third-order valence-electron chi connectivity index (χ3n) is 4.05. The molecule has 130 valence electrons. The third kappa shape index (κ3) is 3.48. The van der Waals surface area contributed by atoms with Gasteiger partial charge in [0.05, 0.1) is 0 Å². The predicted molar refractivity (Wildman–Crippen MR) is 104 cm³/mol. The first-order valence-electron chi connectivity index (χ1n) is 8.26. The zero-order valence-corrected chi connectivity index (χ0v) is 14.9. The van der Waals surface area contributed by atoms with Crippen molar-refractivity contribution in [3.63, 3.8) is 0 Å². The van der Waals surface area contributed by atoms with E-state index < -0.39 is 0 Å². The average Bonchev–Trinajstić information content (AvgIpc) is 3.06. The summed E-state index contributed by atoms with van der Waals surface area (Å²) in [5.74, 6) is 2.75. The number of hydrogen-bond acceptors (Lipinski definition) is 4. The first-order valence-corrected chi connectivity index (χ1v) is 8.64. The Bertz CT molecular complexity index is 1060. The lowest BCUT2D eigenvalue weighted by molar-refractivity contribution is 0.478. The second-order valence-corrected chi connectivity index (χ2v) is 6.32. The number of H-pyrrole nitrogens is 1.